The molecule has 0 radical (unpaired) electrons. The van der Waals surface area contributed by atoms with Gasteiger partial charge in [-0.15, -0.1) is 0 Å². The van der Waals surface area contributed by atoms with Gasteiger partial charge in [0, 0.05) is 30.3 Å². The van der Waals surface area contributed by atoms with Crippen molar-refractivity contribution < 1.29 is 23.8 Å². The maximum Gasteiger partial charge on any atom is 0.339 e. The molecule has 0 saturated carbocycles. The Kier molecular flexibility index (Phi) is 4.35. The number of fused-ring (bicyclic) bond motifs is 1. The zero-order valence-electron chi connectivity index (χ0n) is 14.3. The molecule has 6 nitrogen and oxygen atoms in total. The highest BCUT2D eigenvalue weighted by Gasteiger charge is 2.42. The number of hydrogen-bond donors (Lipinski definition) is 1. The Labute approximate surface area is 145 Å². The summed E-state index contributed by atoms with van der Waals surface area (Å²) in [4.78, 5) is 25.0. The summed E-state index contributed by atoms with van der Waals surface area (Å²) in [6.07, 6.45) is 0.307. The topological polar surface area (TPSA) is 73.9 Å². The normalized spacial score (nSPS) is 18.8. The molecule has 25 heavy (non-hydrogen) atoms. The van der Waals surface area contributed by atoms with Gasteiger partial charge < -0.3 is 19.5 Å². The van der Waals surface area contributed by atoms with E-state index in [1.165, 1.54) is 14.2 Å². The molecule has 1 atom stereocenters. The van der Waals surface area contributed by atoms with E-state index in [9.17, 15) is 9.59 Å². The molecule has 0 fully saturated rings. The van der Waals surface area contributed by atoms with Crippen LogP contribution >= 0.6 is 0 Å². The van der Waals surface area contributed by atoms with E-state index < -0.39 is 17.5 Å². The lowest BCUT2D eigenvalue weighted by Gasteiger charge is -2.33. The lowest BCUT2D eigenvalue weighted by molar-refractivity contribution is -0.134. The minimum Gasteiger partial charge on any atom is -0.497 e. The number of benzene rings is 2. The standard InChI is InChI=1S/C19H19NO5/c1-19(11-12-6-4-5-7-16(12)17(21)25-19)18(22)20-13-8-14(23-2)10-15(9-13)24-3/h4-10H,11H2,1-3H3,(H,20,22). The number of esters is 1. The summed E-state index contributed by atoms with van der Waals surface area (Å²) in [5.41, 5.74) is 0.495. The molecule has 3 rings (SSSR count). The predicted octanol–water partition coefficient (Wildman–Crippen LogP) is 2.81. The summed E-state index contributed by atoms with van der Waals surface area (Å²) in [7, 11) is 3.06. The fraction of sp³-hybridized carbons (Fsp3) is 0.263. The highest BCUT2D eigenvalue weighted by Crippen LogP contribution is 2.31. The van der Waals surface area contributed by atoms with Gasteiger partial charge in [0.15, 0.2) is 5.60 Å². The summed E-state index contributed by atoms with van der Waals surface area (Å²) in [5.74, 6) is 0.185. The van der Waals surface area contributed by atoms with Crippen LogP contribution in [0.3, 0.4) is 0 Å². The van der Waals surface area contributed by atoms with Gasteiger partial charge in [-0.2, -0.15) is 0 Å². The molecule has 0 spiro atoms. The van der Waals surface area contributed by atoms with Gasteiger partial charge in [0.1, 0.15) is 11.5 Å². The summed E-state index contributed by atoms with van der Waals surface area (Å²) < 4.78 is 15.8. The molecular weight excluding hydrogens is 322 g/mol. The third kappa shape index (κ3) is 3.28. The second-order valence-electron chi connectivity index (χ2n) is 6.01. The quantitative estimate of drug-likeness (QED) is 0.866. The first-order chi connectivity index (χ1) is 11.9. The molecule has 1 N–H and O–H groups in total. The van der Waals surface area contributed by atoms with Crippen molar-refractivity contribution in [1.82, 2.24) is 0 Å². The molecule has 0 aromatic heterocycles. The van der Waals surface area contributed by atoms with E-state index in [0.29, 0.717) is 29.2 Å². The summed E-state index contributed by atoms with van der Waals surface area (Å²) in [6.45, 7) is 1.60. The maximum absolute atomic E-state index is 12.8. The van der Waals surface area contributed by atoms with Crippen molar-refractivity contribution in [2.75, 3.05) is 19.5 Å². The third-order valence-electron chi connectivity index (χ3n) is 4.17. The van der Waals surface area contributed by atoms with Crippen LogP contribution in [0.5, 0.6) is 11.5 Å². The fourth-order valence-corrected chi connectivity index (χ4v) is 2.80. The Balaban J connectivity index is 1.85. The number of carbonyl (C=O) groups is 2. The number of hydrogen-bond acceptors (Lipinski definition) is 5. The van der Waals surface area contributed by atoms with Crippen LogP contribution in [-0.4, -0.2) is 31.7 Å². The van der Waals surface area contributed by atoms with Crippen LogP contribution in [0.25, 0.3) is 0 Å². The molecule has 1 unspecified atom stereocenters. The number of ether oxygens (including phenoxy) is 3. The van der Waals surface area contributed by atoms with Crippen molar-refractivity contribution in [2.24, 2.45) is 0 Å². The van der Waals surface area contributed by atoms with Gasteiger partial charge in [0.05, 0.1) is 19.8 Å². The van der Waals surface area contributed by atoms with Gasteiger partial charge in [0.25, 0.3) is 5.91 Å². The van der Waals surface area contributed by atoms with Crippen molar-refractivity contribution in [1.29, 1.82) is 0 Å². The Morgan fingerprint density at radius 2 is 1.76 bits per heavy atom. The minimum atomic E-state index is -1.29. The number of cyclic esters (lactones) is 1. The average molecular weight is 341 g/mol. The summed E-state index contributed by atoms with van der Waals surface area (Å²) in [5, 5.41) is 2.78. The monoisotopic (exact) mass is 341 g/mol. The molecule has 2 aromatic carbocycles. The van der Waals surface area contributed by atoms with Crippen molar-refractivity contribution >= 4 is 17.6 Å². The molecular formula is C19H19NO5. The molecule has 0 bridgehead atoms. The van der Waals surface area contributed by atoms with Crippen LogP contribution in [-0.2, 0) is 16.0 Å². The molecule has 2 aromatic rings. The van der Waals surface area contributed by atoms with Crippen LogP contribution in [0.2, 0.25) is 0 Å². The van der Waals surface area contributed by atoms with Crippen molar-refractivity contribution in [3.8, 4) is 11.5 Å². The molecule has 1 heterocycles. The summed E-state index contributed by atoms with van der Waals surface area (Å²) in [6, 6.07) is 12.2. The minimum absolute atomic E-state index is 0.307. The highest BCUT2D eigenvalue weighted by atomic mass is 16.6. The largest absolute Gasteiger partial charge is 0.497 e. The van der Waals surface area contributed by atoms with E-state index in [2.05, 4.69) is 5.32 Å². The van der Waals surface area contributed by atoms with Crippen LogP contribution in [0.1, 0.15) is 22.8 Å². The molecule has 1 aliphatic rings. The SMILES string of the molecule is COc1cc(NC(=O)C2(C)Cc3ccccc3C(=O)O2)cc(OC)c1. The molecule has 0 saturated heterocycles. The van der Waals surface area contributed by atoms with E-state index in [1.54, 1.807) is 37.3 Å². The van der Waals surface area contributed by atoms with Crippen molar-refractivity contribution in [3.63, 3.8) is 0 Å². The first-order valence-corrected chi connectivity index (χ1v) is 7.81. The second-order valence-corrected chi connectivity index (χ2v) is 6.01. The third-order valence-corrected chi connectivity index (χ3v) is 4.17. The number of nitrogens with one attached hydrogen (secondary N) is 1. The second kappa shape index (κ2) is 6.47. The predicted molar refractivity (Wildman–Crippen MR) is 92.1 cm³/mol. The zero-order valence-corrected chi connectivity index (χ0v) is 14.3. The van der Waals surface area contributed by atoms with Crippen molar-refractivity contribution in [3.05, 3.63) is 53.6 Å². The smallest absolute Gasteiger partial charge is 0.339 e. The van der Waals surface area contributed by atoms with E-state index in [0.717, 1.165) is 5.56 Å². The molecule has 6 heteroatoms. The van der Waals surface area contributed by atoms with Crippen LogP contribution < -0.4 is 14.8 Å². The highest BCUT2D eigenvalue weighted by molar-refractivity contribution is 6.02. The number of methoxy groups -OCH3 is 2. The maximum atomic E-state index is 12.8. The Bertz CT molecular complexity index is 810. The molecule has 130 valence electrons. The number of rotatable bonds is 4. The lowest BCUT2D eigenvalue weighted by Crippen LogP contribution is -2.48. The molecule has 1 aliphatic heterocycles. The first-order valence-electron chi connectivity index (χ1n) is 7.81. The van der Waals surface area contributed by atoms with Gasteiger partial charge in [-0.1, -0.05) is 18.2 Å². The van der Waals surface area contributed by atoms with E-state index >= 15 is 0 Å². The average Bonchev–Trinajstić information content (AvgIpc) is 2.61. The van der Waals surface area contributed by atoms with Crippen LogP contribution in [0.4, 0.5) is 5.69 Å². The van der Waals surface area contributed by atoms with E-state index in [1.807, 2.05) is 12.1 Å². The van der Waals surface area contributed by atoms with Gasteiger partial charge >= 0.3 is 5.97 Å². The van der Waals surface area contributed by atoms with Gasteiger partial charge in [-0.05, 0) is 18.6 Å². The van der Waals surface area contributed by atoms with Crippen LogP contribution in [0.15, 0.2) is 42.5 Å². The number of anilines is 1. The van der Waals surface area contributed by atoms with Crippen molar-refractivity contribution in [2.45, 2.75) is 18.9 Å². The summed E-state index contributed by atoms with van der Waals surface area (Å²) >= 11 is 0. The Morgan fingerprint density at radius 1 is 1.12 bits per heavy atom. The molecule has 1 amide bonds. The zero-order chi connectivity index (χ0) is 18.0. The first kappa shape index (κ1) is 16.8. The van der Waals surface area contributed by atoms with Gasteiger partial charge in [0.2, 0.25) is 0 Å². The van der Waals surface area contributed by atoms with E-state index in [4.69, 9.17) is 14.2 Å². The lowest BCUT2D eigenvalue weighted by atomic mass is 9.89. The fourth-order valence-electron chi connectivity index (χ4n) is 2.80. The van der Waals surface area contributed by atoms with Gasteiger partial charge in [-0.25, -0.2) is 4.79 Å². The number of carbonyl (C=O) groups excluding carboxylic acids is 2. The van der Waals surface area contributed by atoms with Crippen LogP contribution in [0, 0.1) is 0 Å². The Morgan fingerprint density at radius 3 is 2.40 bits per heavy atom. The molecule has 0 aliphatic carbocycles. The van der Waals surface area contributed by atoms with Gasteiger partial charge in [-0.3, -0.25) is 4.79 Å². The Hall–Kier alpha value is -3.02. The van der Waals surface area contributed by atoms with E-state index in [-0.39, 0.29) is 0 Å². The number of amides is 1.